The van der Waals surface area contributed by atoms with E-state index in [2.05, 4.69) is 15.8 Å². The highest BCUT2D eigenvalue weighted by molar-refractivity contribution is 6.39. The number of carbonyl (C=O) groups is 2. The first kappa shape index (κ1) is 16.2. The average Bonchev–Trinajstić information content (AvgIpc) is 2.55. The Morgan fingerprint density at radius 2 is 1.78 bits per heavy atom. The van der Waals surface area contributed by atoms with Crippen molar-refractivity contribution in [2.75, 3.05) is 5.32 Å². The molecule has 23 heavy (non-hydrogen) atoms. The molecule has 0 spiro atoms. The second kappa shape index (κ2) is 8.29. The third kappa shape index (κ3) is 5.59. The second-order valence-electron chi connectivity index (χ2n) is 4.81. The Morgan fingerprint density at radius 1 is 1.00 bits per heavy atom. The first-order valence-corrected chi connectivity index (χ1v) is 7.08. The van der Waals surface area contributed by atoms with Crippen molar-refractivity contribution in [1.82, 2.24) is 5.43 Å². The van der Waals surface area contributed by atoms with Gasteiger partial charge in [0.05, 0.1) is 0 Å². The van der Waals surface area contributed by atoms with Gasteiger partial charge in [0.2, 0.25) is 0 Å². The van der Waals surface area contributed by atoms with Gasteiger partial charge in [0.15, 0.2) is 0 Å². The lowest BCUT2D eigenvalue weighted by atomic mass is 10.2. The van der Waals surface area contributed by atoms with Crippen molar-refractivity contribution in [3.8, 4) is 0 Å². The Kier molecular flexibility index (Phi) is 5.82. The lowest BCUT2D eigenvalue weighted by Crippen LogP contribution is -2.32. The molecule has 0 radical (unpaired) electrons. The number of hydrogen-bond donors (Lipinski definition) is 2. The number of anilines is 1. The van der Waals surface area contributed by atoms with Crippen molar-refractivity contribution in [2.45, 2.75) is 6.92 Å². The van der Waals surface area contributed by atoms with Crippen LogP contribution in [0.15, 0.2) is 65.8 Å². The van der Waals surface area contributed by atoms with Crippen LogP contribution >= 0.6 is 0 Å². The highest BCUT2D eigenvalue weighted by Crippen LogP contribution is 2.09. The number of amides is 2. The summed E-state index contributed by atoms with van der Waals surface area (Å²) in [5.41, 5.74) is 4.75. The number of hydrogen-bond acceptors (Lipinski definition) is 3. The Bertz CT molecular complexity index is 737. The fourth-order valence-corrected chi connectivity index (χ4v) is 1.82. The van der Waals surface area contributed by atoms with E-state index in [-0.39, 0.29) is 0 Å². The van der Waals surface area contributed by atoms with E-state index in [4.69, 9.17) is 0 Å². The van der Waals surface area contributed by atoms with Crippen LogP contribution < -0.4 is 10.7 Å². The molecule has 0 aliphatic rings. The van der Waals surface area contributed by atoms with E-state index >= 15 is 0 Å². The number of rotatable bonds is 4. The quantitative estimate of drug-likeness (QED) is 0.518. The maximum atomic E-state index is 11.7. The molecular formula is C18H17N3O2. The van der Waals surface area contributed by atoms with E-state index in [0.717, 1.165) is 11.1 Å². The molecule has 2 rings (SSSR count). The Morgan fingerprint density at radius 3 is 2.52 bits per heavy atom. The molecule has 2 aromatic rings. The molecule has 2 N–H and O–H groups in total. The lowest BCUT2D eigenvalue weighted by molar-refractivity contribution is -0.136. The van der Waals surface area contributed by atoms with Gasteiger partial charge >= 0.3 is 11.8 Å². The van der Waals surface area contributed by atoms with Crippen LogP contribution in [-0.4, -0.2) is 18.0 Å². The second-order valence-corrected chi connectivity index (χ2v) is 4.81. The molecule has 0 aliphatic carbocycles. The van der Waals surface area contributed by atoms with E-state index < -0.39 is 11.8 Å². The molecule has 0 unspecified atom stereocenters. The van der Waals surface area contributed by atoms with Crippen molar-refractivity contribution >= 4 is 29.8 Å². The van der Waals surface area contributed by atoms with Crippen LogP contribution in [0.1, 0.15) is 11.1 Å². The number of carbonyl (C=O) groups excluding carboxylic acids is 2. The minimum atomic E-state index is -0.823. The molecule has 5 heteroatoms. The highest BCUT2D eigenvalue weighted by Gasteiger charge is 2.12. The number of nitrogens with zero attached hydrogens (tertiary/aromatic N) is 1. The Hall–Kier alpha value is -3.21. The van der Waals surface area contributed by atoms with Gasteiger partial charge in [-0.3, -0.25) is 9.59 Å². The van der Waals surface area contributed by atoms with Crippen molar-refractivity contribution < 1.29 is 9.59 Å². The normalized spacial score (nSPS) is 10.8. The molecule has 2 amide bonds. The van der Waals surface area contributed by atoms with Crippen molar-refractivity contribution in [2.24, 2.45) is 5.10 Å². The fraction of sp³-hybridized carbons (Fsp3) is 0.0556. The van der Waals surface area contributed by atoms with Crippen LogP contribution in [0.25, 0.3) is 6.08 Å². The molecule has 0 aromatic heterocycles. The van der Waals surface area contributed by atoms with Gasteiger partial charge in [0.1, 0.15) is 0 Å². The lowest BCUT2D eigenvalue weighted by Gasteiger charge is -2.04. The first-order valence-electron chi connectivity index (χ1n) is 7.08. The maximum absolute atomic E-state index is 11.7. The van der Waals surface area contributed by atoms with Crippen LogP contribution in [0.4, 0.5) is 5.69 Å². The predicted molar refractivity (Wildman–Crippen MR) is 91.9 cm³/mol. The van der Waals surface area contributed by atoms with Crippen molar-refractivity contribution in [1.29, 1.82) is 0 Å². The highest BCUT2D eigenvalue weighted by atomic mass is 16.2. The standard InChI is InChI=1S/C18H17N3O2/c1-14-7-5-11-16(13-14)20-17(22)18(23)21-19-12-6-10-15-8-3-2-4-9-15/h2-13H,1H3,(H,20,22)(H,21,23). The summed E-state index contributed by atoms with van der Waals surface area (Å²) in [4.78, 5) is 23.3. The monoisotopic (exact) mass is 307 g/mol. The van der Waals surface area contributed by atoms with E-state index in [9.17, 15) is 9.59 Å². The van der Waals surface area contributed by atoms with E-state index in [1.807, 2.05) is 49.4 Å². The number of nitrogens with one attached hydrogen (secondary N) is 2. The summed E-state index contributed by atoms with van der Waals surface area (Å²) in [7, 11) is 0. The number of hydrazone groups is 1. The number of benzene rings is 2. The summed E-state index contributed by atoms with van der Waals surface area (Å²) in [6.07, 6.45) is 4.92. The molecule has 0 heterocycles. The van der Waals surface area contributed by atoms with Crippen LogP contribution in [0, 0.1) is 6.92 Å². The van der Waals surface area contributed by atoms with E-state index in [1.165, 1.54) is 6.21 Å². The largest absolute Gasteiger partial charge is 0.329 e. The van der Waals surface area contributed by atoms with Gasteiger partial charge in [-0.1, -0.05) is 48.5 Å². The third-order valence-electron chi connectivity index (χ3n) is 2.90. The predicted octanol–water partition coefficient (Wildman–Crippen LogP) is 2.75. The van der Waals surface area contributed by atoms with Crippen molar-refractivity contribution in [3.05, 3.63) is 71.8 Å². The SMILES string of the molecule is Cc1cccc(NC(=O)C(=O)NN=CC=Cc2ccccc2)c1. The summed E-state index contributed by atoms with van der Waals surface area (Å²) in [6.45, 7) is 1.90. The van der Waals surface area contributed by atoms with E-state index in [0.29, 0.717) is 5.69 Å². The Balaban J connectivity index is 1.81. The maximum Gasteiger partial charge on any atom is 0.329 e. The zero-order chi connectivity index (χ0) is 16.5. The topological polar surface area (TPSA) is 70.6 Å². The third-order valence-corrected chi connectivity index (χ3v) is 2.90. The van der Waals surface area contributed by atoms with Gasteiger partial charge in [0.25, 0.3) is 0 Å². The average molecular weight is 307 g/mol. The zero-order valence-electron chi connectivity index (χ0n) is 12.7. The molecule has 2 aromatic carbocycles. The summed E-state index contributed by atoms with van der Waals surface area (Å²) in [5.74, 6) is -1.59. The Labute approximate surface area is 134 Å². The zero-order valence-corrected chi connectivity index (χ0v) is 12.7. The van der Waals surface area contributed by atoms with Crippen LogP contribution in [0.5, 0.6) is 0 Å². The van der Waals surface area contributed by atoms with Crippen LogP contribution in [0.3, 0.4) is 0 Å². The molecule has 0 aliphatic heterocycles. The fourth-order valence-electron chi connectivity index (χ4n) is 1.82. The molecule has 0 fully saturated rings. The number of allylic oxidation sites excluding steroid dienone is 1. The molecule has 0 saturated carbocycles. The summed E-state index contributed by atoms with van der Waals surface area (Å²) in [5, 5.41) is 6.20. The summed E-state index contributed by atoms with van der Waals surface area (Å²) >= 11 is 0. The summed E-state index contributed by atoms with van der Waals surface area (Å²) < 4.78 is 0. The molecule has 5 nitrogen and oxygen atoms in total. The van der Waals surface area contributed by atoms with Gasteiger partial charge in [-0.15, -0.1) is 0 Å². The molecule has 0 bridgehead atoms. The van der Waals surface area contributed by atoms with Gasteiger partial charge in [0, 0.05) is 11.9 Å². The van der Waals surface area contributed by atoms with Crippen molar-refractivity contribution in [3.63, 3.8) is 0 Å². The van der Waals surface area contributed by atoms with Gasteiger partial charge in [-0.2, -0.15) is 5.10 Å². The smallest absolute Gasteiger partial charge is 0.318 e. The number of aryl methyl sites for hydroxylation is 1. The van der Waals surface area contributed by atoms with Gasteiger partial charge < -0.3 is 5.32 Å². The summed E-state index contributed by atoms with van der Waals surface area (Å²) in [6, 6.07) is 16.9. The minimum absolute atomic E-state index is 0.568. The minimum Gasteiger partial charge on any atom is -0.318 e. The van der Waals surface area contributed by atoms with Crippen LogP contribution in [0.2, 0.25) is 0 Å². The molecule has 0 saturated heterocycles. The van der Waals surface area contributed by atoms with Gasteiger partial charge in [-0.25, -0.2) is 5.43 Å². The molecule has 0 atom stereocenters. The molecular weight excluding hydrogens is 290 g/mol. The van der Waals surface area contributed by atoms with E-state index in [1.54, 1.807) is 24.3 Å². The van der Waals surface area contributed by atoms with Gasteiger partial charge in [-0.05, 0) is 36.3 Å². The van der Waals surface area contributed by atoms with Crippen LogP contribution in [-0.2, 0) is 9.59 Å². The molecule has 116 valence electrons. The first-order chi connectivity index (χ1) is 11.1.